The van der Waals surface area contributed by atoms with E-state index >= 15 is 0 Å². The first-order valence-corrected chi connectivity index (χ1v) is 7.49. The number of hydrogen-bond acceptors (Lipinski definition) is 3. The molecule has 0 amide bonds. The molecule has 0 aromatic rings. The van der Waals surface area contributed by atoms with Crippen LogP contribution >= 0.6 is 23.5 Å². The quantitative estimate of drug-likeness (QED) is 0.574. The van der Waals surface area contributed by atoms with E-state index in [0.717, 1.165) is 5.75 Å². The van der Waals surface area contributed by atoms with Crippen molar-refractivity contribution < 1.29 is 5.11 Å². The molecule has 0 atom stereocenters. The minimum Gasteiger partial charge on any atom is -0.396 e. The zero-order chi connectivity index (χ0) is 9.78. The van der Waals surface area contributed by atoms with Crippen molar-refractivity contribution in [1.82, 2.24) is 0 Å². The van der Waals surface area contributed by atoms with Crippen molar-refractivity contribution in [3.63, 3.8) is 0 Å². The maximum absolute atomic E-state index is 8.54. The Labute approximate surface area is 91.1 Å². The van der Waals surface area contributed by atoms with Crippen molar-refractivity contribution in [3.05, 3.63) is 0 Å². The first kappa shape index (κ1) is 13.7. The van der Waals surface area contributed by atoms with Crippen molar-refractivity contribution in [1.29, 1.82) is 0 Å². The fourth-order valence-electron chi connectivity index (χ4n) is 1.02. The summed E-state index contributed by atoms with van der Waals surface area (Å²) < 4.78 is 0. The van der Waals surface area contributed by atoms with E-state index in [1.54, 1.807) is 0 Å². The van der Waals surface area contributed by atoms with Crippen LogP contribution in [0.3, 0.4) is 0 Å². The molecule has 0 spiro atoms. The average Bonchev–Trinajstić information content (AvgIpc) is 2.16. The standard InChI is InChI=1S/C10H22OS2/c1-2-3-4-5-7-12-9-10-13-8-6-11/h11H,2-10H2,1H3. The first-order valence-electron chi connectivity index (χ1n) is 5.18. The zero-order valence-corrected chi connectivity index (χ0v) is 10.3. The van der Waals surface area contributed by atoms with Gasteiger partial charge in [0.05, 0.1) is 6.61 Å². The van der Waals surface area contributed by atoms with Crippen LogP contribution in [0.5, 0.6) is 0 Å². The van der Waals surface area contributed by atoms with Crippen LogP contribution in [0.15, 0.2) is 0 Å². The van der Waals surface area contributed by atoms with E-state index in [0.29, 0.717) is 6.61 Å². The summed E-state index contributed by atoms with van der Waals surface area (Å²) in [5.74, 6) is 4.66. The largest absolute Gasteiger partial charge is 0.396 e. The molecule has 0 radical (unpaired) electrons. The van der Waals surface area contributed by atoms with E-state index < -0.39 is 0 Å². The normalized spacial score (nSPS) is 10.6. The van der Waals surface area contributed by atoms with Crippen molar-refractivity contribution in [2.75, 3.05) is 29.6 Å². The predicted molar refractivity (Wildman–Crippen MR) is 65.9 cm³/mol. The van der Waals surface area contributed by atoms with E-state index in [1.165, 1.54) is 42.9 Å². The van der Waals surface area contributed by atoms with Crippen LogP contribution in [-0.2, 0) is 0 Å². The summed E-state index contributed by atoms with van der Waals surface area (Å²) in [5.41, 5.74) is 0. The third-order valence-corrected chi connectivity index (χ3v) is 4.04. The first-order chi connectivity index (χ1) is 6.41. The molecule has 0 saturated carbocycles. The molecular weight excluding hydrogens is 200 g/mol. The van der Waals surface area contributed by atoms with Crippen molar-refractivity contribution >= 4 is 23.5 Å². The van der Waals surface area contributed by atoms with E-state index in [1.807, 2.05) is 11.8 Å². The lowest BCUT2D eigenvalue weighted by Crippen LogP contribution is -1.91. The molecule has 3 heteroatoms. The Bertz CT molecular complexity index is 79.0. The molecule has 0 aliphatic heterocycles. The van der Waals surface area contributed by atoms with Gasteiger partial charge in [-0.1, -0.05) is 26.2 Å². The molecule has 1 nitrogen and oxygen atoms in total. The minimum atomic E-state index is 0.325. The van der Waals surface area contributed by atoms with Gasteiger partial charge in [-0.05, 0) is 12.2 Å². The maximum Gasteiger partial charge on any atom is 0.0521 e. The summed E-state index contributed by atoms with van der Waals surface area (Å²) >= 11 is 3.90. The zero-order valence-electron chi connectivity index (χ0n) is 8.63. The number of thioether (sulfide) groups is 2. The minimum absolute atomic E-state index is 0.325. The Hall–Kier alpha value is 0.660. The smallest absolute Gasteiger partial charge is 0.0521 e. The molecule has 0 aliphatic carbocycles. The summed E-state index contributed by atoms with van der Waals surface area (Å²) in [5, 5.41) is 8.54. The van der Waals surface area contributed by atoms with E-state index in [2.05, 4.69) is 18.7 Å². The number of hydrogen-bond donors (Lipinski definition) is 1. The van der Waals surface area contributed by atoms with E-state index in [9.17, 15) is 0 Å². The topological polar surface area (TPSA) is 20.2 Å². The molecule has 80 valence electrons. The van der Waals surface area contributed by atoms with Crippen LogP contribution in [0.25, 0.3) is 0 Å². The maximum atomic E-state index is 8.54. The highest BCUT2D eigenvalue weighted by atomic mass is 32.2. The summed E-state index contributed by atoms with van der Waals surface area (Å²) in [4.78, 5) is 0. The summed E-state index contributed by atoms with van der Waals surface area (Å²) in [7, 11) is 0. The molecule has 0 heterocycles. The number of aliphatic hydroxyl groups excluding tert-OH is 1. The third kappa shape index (κ3) is 12.7. The molecule has 0 bridgehead atoms. The molecular formula is C10H22OS2. The molecule has 0 aromatic heterocycles. The monoisotopic (exact) mass is 222 g/mol. The molecule has 0 aromatic carbocycles. The lowest BCUT2D eigenvalue weighted by molar-refractivity contribution is 0.322. The lowest BCUT2D eigenvalue weighted by Gasteiger charge is -2.00. The lowest BCUT2D eigenvalue weighted by atomic mass is 10.2. The van der Waals surface area contributed by atoms with Crippen LogP contribution in [0.1, 0.15) is 32.6 Å². The highest BCUT2D eigenvalue weighted by Crippen LogP contribution is 2.10. The Morgan fingerprint density at radius 2 is 1.54 bits per heavy atom. The highest BCUT2D eigenvalue weighted by molar-refractivity contribution is 8.02. The molecule has 1 N–H and O–H groups in total. The summed E-state index contributed by atoms with van der Waals surface area (Å²) in [6, 6.07) is 0. The second-order valence-electron chi connectivity index (χ2n) is 3.01. The van der Waals surface area contributed by atoms with Gasteiger partial charge in [-0.25, -0.2) is 0 Å². The second-order valence-corrected chi connectivity index (χ2v) is 5.46. The van der Waals surface area contributed by atoms with Gasteiger partial charge in [0.25, 0.3) is 0 Å². The van der Waals surface area contributed by atoms with Crippen LogP contribution in [0.2, 0.25) is 0 Å². The van der Waals surface area contributed by atoms with Crippen molar-refractivity contribution in [2.45, 2.75) is 32.6 Å². The number of aliphatic hydroxyl groups is 1. The summed E-state index contributed by atoms with van der Waals surface area (Å²) in [6.07, 6.45) is 5.49. The van der Waals surface area contributed by atoms with Gasteiger partial charge in [-0.15, -0.1) is 0 Å². The van der Waals surface area contributed by atoms with Gasteiger partial charge >= 0.3 is 0 Å². The van der Waals surface area contributed by atoms with Gasteiger partial charge in [-0.3, -0.25) is 0 Å². The van der Waals surface area contributed by atoms with Gasteiger partial charge in [0, 0.05) is 17.3 Å². The predicted octanol–water partition coefficient (Wildman–Crippen LogP) is 3.03. The van der Waals surface area contributed by atoms with Crippen LogP contribution < -0.4 is 0 Å². The Balaban J connectivity index is 2.76. The van der Waals surface area contributed by atoms with Crippen LogP contribution in [-0.4, -0.2) is 34.7 Å². The summed E-state index contributed by atoms with van der Waals surface area (Å²) in [6.45, 7) is 2.57. The fraction of sp³-hybridized carbons (Fsp3) is 1.00. The molecule has 0 unspecified atom stereocenters. The van der Waals surface area contributed by atoms with Crippen molar-refractivity contribution in [2.24, 2.45) is 0 Å². The molecule has 0 saturated heterocycles. The number of rotatable bonds is 10. The van der Waals surface area contributed by atoms with Gasteiger partial charge < -0.3 is 5.11 Å². The van der Waals surface area contributed by atoms with Crippen LogP contribution in [0.4, 0.5) is 0 Å². The Morgan fingerprint density at radius 1 is 0.846 bits per heavy atom. The molecule has 0 aliphatic rings. The van der Waals surface area contributed by atoms with E-state index in [-0.39, 0.29) is 0 Å². The van der Waals surface area contributed by atoms with Crippen molar-refractivity contribution in [3.8, 4) is 0 Å². The Kier molecular flexibility index (Phi) is 13.3. The average molecular weight is 222 g/mol. The second kappa shape index (κ2) is 12.7. The highest BCUT2D eigenvalue weighted by Gasteiger charge is 1.91. The fourth-order valence-corrected chi connectivity index (χ4v) is 2.91. The van der Waals surface area contributed by atoms with Gasteiger partial charge in [0.15, 0.2) is 0 Å². The molecule has 0 rings (SSSR count). The molecule has 0 fully saturated rings. The molecule has 13 heavy (non-hydrogen) atoms. The van der Waals surface area contributed by atoms with Gasteiger partial charge in [-0.2, -0.15) is 23.5 Å². The SMILES string of the molecule is CCCCCCSCCSCCO. The third-order valence-electron chi connectivity index (χ3n) is 1.75. The Morgan fingerprint density at radius 3 is 2.15 bits per heavy atom. The number of unbranched alkanes of at least 4 members (excludes halogenated alkanes) is 3. The van der Waals surface area contributed by atoms with Crippen LogP contribution in [0, 0.1) is 0 Å². The van der Waals surface area contributed by atoms with Gasteiger partial charge in [0.2, 0.25) is 0 Å². The van der Waals surface area contributed by atoms with Gasteiger partial charge in [0.1, 0.15) is 0 Å². The van der Waals surface area contributed by atoms with E-state index in [4.69, 9.17) is 5.11 Å².